The van der Waals surface area contributed by atoms with Gasteiger partial charge >= 0.3 is 0 Å². The van der Waals surface area contributed by atoms with E-state index in [2.05, 4.69) is 5.32 Å². The van der Waals surface area contributed by atoms with Gasteiger partial charge in [0.2, 0.25) is 5.91 Å². The van der Waals surface area contributed by atoms with E-state index in [1.807, 2.05) is 36.1 Å². The molecule has 1 aliphatic rings. The van der Waals surface area contributed by atoms with Gasteiger partial charge in [0.25, 0.3) is 0 Å². The molecule has 104 valence electrons. The summed E-state index contributed by atoms with van der Waals surface area (Å²) >= 11 is 5.84. The van der Waals surface area contributed by atoms with Crippen LogP contribution in [0.4, 0.5) is 0 Å². The summed E-state index contributed by atoms with van der Waals surface area (Å²) in [5.74, 6) is 0.223. The van der Waals surface area contributed by atoms with Gasteiger partial charge in [0.05, 0.1) is 6.54 Å². The van der Waals surface area contributed by atoms with E-state index in [4.69, 9.17) is 11.6 Å². The number of halogens is 1. The van der Waals surface area contributed by atoms with E-state index in [1.165, 1.54) is 18.4 Å². The Morgan fingerprint density at radius 1 is 1.37 bits per heavy atom. The smallest absolute Gasteiger partial charge is 0.236 e. The summed E-state index contributed by atoms with van der Waals surface area (Å²) in [7, 11) is 0. The minimum atomic E-state index is 0.223. The normalized spacial score (nSPS) is 14.4. The number of carbonyl (C=O) groups is 1. The zero-order valence-corrected chi connectivity index (χ0v) is 12.1. The fourth-order valence-electron chi connectivity index (χ4n) is 2.21. The Kier molecular flexibility index (Phi) is 5.23. The minimum absolute atomic E-state index is 0.223. The van der Waals surface area contributed by atoms with Crippen LogP contribution in [0.15, 0.2) is 24.3 Å². The number of nitrogens with one attached hydrogen (secondary N) is 1. The van der Waals surface area contributed by atoms with E-state index >= 15 is 0 Å². The quantitative estimate of drug-likeness (QED) is 0.779. The van der Waals surface area contributed by atoms with Gasteiger partial charge in [0.15, 0.2) is 0 Å². The predicted molar refractivity (Wildman–Crippen MR) is 78.4 cm³/mol. The van der Waals surface area contributed by atoms with E-state index in [0.29, 0.717) is 12.6 Å². The highest BCUT2D eigenvalue weighted by Gasteiger charge is 2.30. The third kappa shape index (κ3) is 4.51. The standard InChI is InChI=1S/C15H21ClN2O/c1-2-18(14-7-8-14)15(19)11-17-10-9-12-3-5-13(16)6-4-12/h3-6,14,17H,2,7-11H2,1H3. The van der Waals surface area contributed by atoms with Crippen molar-refractivity contribution in [3.05, 3.63) is 34.9 Å². The van der Waals surface area contributed by atoms with Gasteiger partial charge < -0.3 is 10.2 Å². The summed E-state index contributed by atoms with van der Waals surface area (Å²) in [6.45, 7) is 4.12. The number of carbonyl (C=O) groups excluding carboxylic acids is 1. The van der Waals surface area contributed by atoms with Gasteiger partial charge in [-0.2, -0.15) is 0 Å². The van der Waals surface area contributed by atoms with Gasteiger partial charge in [-0.25, -0.2) is 0 Å². The highest BCUT2D eigenvalue weighted by atomic mass is 35.5. The zero-order chi connectivity index (χ0) is 13.7. The molecule has 0 radical (unpaired) electrons. The molecule has 1 saturated carbocycles. The molecule has 0 heterocycles. The summed E-state index contributed by atoms with van der Waals surface area (Å²) in [5.41, 5.74) is 1.24. The van der Waals surface area contributed by atoms with Crippen LogP contribution in [0.1, 0.15) is 25.3 Å². The Morgan fingerprint density at radius 3 is 2.63 bits per heavy atom. The molecule has 2 rings (SSSR count). The van der Waals surface area contributed by atoms with Gasteiger partial charge in [-0.1, -0.05) is 23.7 Å². The molecule has 1 aromatic carbocycles. The molecule has 1 aromatic rings. The lowest BCUT2D eigenvalue weighted by Crippen LogP contribution is -2.39. The van der Waals surface area contributed by atoms with Crippen molar-refractivity contribution < 1.29 is 4.79 Å². The number of hydrogen-bond donors (Lipinski definition) is 1. The molecule has 4 heteroatoms. The highest BCUT2D eigenvalue weighted by molar-refractivity contribution is 6.30. The monoisotopic (exact) mass is 280 g/mol. The average Bonchev–Trinajstić information content (AvgIpc) is 3.22. The van der Waals surface area contributed by atoms with Crippen molar-refractivity contribution in [1.82, 2.24) is 10.2 Å². The van der Waals surface area contributed by atoms with E-state index in [9.17, 15) is 4.79 Å². The van der Waals surface area contributed by atoms with Crippen LogP contribution in [0.3, 0.4) is 0 Å². The number of rotatable bonds is 7. The SMILES string of the molecule is CCN(C(=O)CNCCc1ccc(Cl)cc1)C1CC1. The largest absolute Gasteiger partial charge is 0.339 e. The lowest BCUT2D eigenvalue weighted by molar-refractivity contribution is -0.130. The van der Waals surface area contributed by atoms with Crippen LogP contribution in [0.25, 0.3) is 0 Å². The Morgan fingerprint density at radius 2 is 2.05 bits per heavy atom. The van der Waals surface area contributed by atoms with Gasteiger partial charge in [-0.3, -0.25) is 4.79 Å². The van der Waals surface area contributed by atoms with Crippen molar-refractivity contribution in [1.29, 1.82) is 0 Å². The molecule has 0 aliphatic heterocycles. The van der Waals surface area contributed by atoms with Crippen LogP contribution in [0, 0.1) is 0 Å². The Bertz CT molecular complexity index is 415. The van der Waals surface area contributed by atoms with Crippen molar-refractivity contribution in [2.24, 2.45) is 0 Å². The van der Waals surface area contributed by atoms with E-state index < -0.39 is 0 Å². The summed E-state index contributed by atoms with van der Waals surface area (Å²) in [4.78, 5) is 13.9. The second-order valence-corrected chi connectivity index (χ2v) is 5.40. The van der Waals surface area contributed by atoms with Gasteiger partial charge in [0, 0.05) is 17.6 Å². The topological polar surface area (TPSA) is 32.3 Å². The zero-order valence-electron chi connectivity index (χ0n) is 11.4. The first-order valence-corrected chi connectivity index (χ1v) is 7.33. The summed E-state index contributed by atoms with van der Waals surface area (Å²) in [6, 6.07) is 8.35. The third-order valence-corrected chi connectivity index (χ3v) is 3.68. The second kappa shape index (κ2) is 6.92. The second-order valence-electron chi connectivity index (χ2n) is 4.96. The summed E-state index contributed by atoms with van der Waals surface area (Å²) in [5, 5.41) is 3.98. The van der Waals surface area contributed by atoms with Crippen LogP contribution < -0.4 is 5.32 Å². The molecule has 0 aromatic heterocycles. The highest BCUT2D eigenvalue weighted by Crippen LogP contribution is 2.26. The minimum Gasteiger partial charge on any atom is -0.339 e. The maximum atomic E-state index is 12.0. The first-order valence-electron chi connectivity index (χ1n) is 6.95. The van der Waals surface area contributed by atoms with E-state index in [-0.39, 0.29) is 5.91 Å². The maximum absolute atomic E-state index is 12.0. The molecule has 0 atom stereocenters. The van der Waals surface area contributed by atoms with Gasteiger partial charge in [-0.15, -0.1) is 0 Å². The fraction of sp³-hybridized carbons (Fsp3) is 0.533. The third-order valence-electron chi connectivity index (χ3n) is 3.43. The number of amides is 1. The van der Waals surface area contributed by atoms with Gasteiger partial charge in [0.1, 0.15) is 0 Å². The molecule has 1 amide bonds. The van der Waals surface area contributed by atoms with Crippen molar-refractivity contribution >= 4 is 17.5 Å². The van der Waals surface area contributed by atoms with E-state index in [0.717, 1.165) is 24.5 Å². The Balaban J connectivity index is 1.66. The molecule has 0 bridgehead atoms. The van der Waals surface area contributed by atoms with Crippen molar-refractivity contribution in [3.63, 3.8) is 0 Å². The lowest BCUT2D eigenvalue weighted by Gasteiger charge is -2.20. The van der Waals surface area contributed by atoms with Crippen LogP contribution >= 0.6 is 11.6 Å². The number of likely N-dealkylation sites (N-methyl/N-ethyl adjacent to an activating group) is 1. The molecule has 3 nitrogen and oxygen atoms in total. The number of nitrogens with zero attached hydrogens (tertiary/aromatic N) is 1. The van der Waals surface area contributed by atoms with Crippen LogP contribution in [0.2, 0.25) is 5.02 Å². The Labute approximate surface area is 119 Å². The molecule has 0 unspecified atom stereocenters. The Hall–Kier alpha value is -1.06. The van der Waals surface area contributed by atoms with Gasteiger partial charge in [-0.05, 0) is 50.4 Å². The number of benzene rings is 1. The molecule has 0 saturated heterocycles. The van der Waals surface area contributed by atoms with Crippen molar-refractivity contribution in [3.8, 4) is 0 Å². The van der Waals surface area contributed by atoms with E-state index in [1.54, 1.807) is 0 Å². The average molecular weight is 281 g/mol. The lowest BCUT2D eigenvalue weighted by atomic mass is 10.1. The molecule has 0 spiro atoms. The fourth-order valence-corrected chi connectivity index (χ4v) is 2.33. The van der Waals surface area contributed by atoms with Crippen molar-refractivity contribution in [2.75, 3.05) is 19.6 Å². The van der Waals surface area contributed by atoms with Crippen molar-refractivity contribution in [2.45, 2.75) is 32.2 Å². The summed E-state index contributed by atoms with van der Waals surface area (Å²) < 4.78 is 0. The van der Waals surface area contributed by atoms with Crippen LogP contribution in [-0.2, 0) is 11.2 Å². The first-order chi connectivity index (χ1) is 9.20. The predicted octanol–water partition coefficient (Wildman–Crippen LogP) is 2.48. The molecule has 19 heavy (non-hydrogen) atoms. The molecular formula is C15H21ClN2O. The molecular weight excluding hydrogens is 260 g/mol. The maximum Gasteiger partial charge on any atom is 0.236 e. The first kappa shape index (κ1) is 14.4. The van der Waals surface area contributed by atoms with Crippen LogP contribution in [0.5, 0.6) is 0 Å². The summed E-state index contributed by atoms with van der Waals surface area (Å²) in [6.07, 6.45) is 3.26. The molecule has 1 aliphatic carbocycles. The number of hydrogen-bond acceptors (Lipinski definition) is 2. The molecule has 1 N–H and O–H groups in total. The molecule has 1 fully saturated rings. The van der Waals surface area contributed by atoms with Crippen LogP contribution in [-0.4, -0.2) is 36.5 Å².